The third-order valence-electron chi connectivity index (χ3n) is 4.13. The molecule has 2 rings (SSSR count). The van der Waals surface area contributed by atoms with E-state index in [9.17, 15) is 8.42 Å². The van der Waals surface area contributed by atoms with Crippen molar-refractivity contribution in [2.75, 3.05) is 51.9 Å². The number of benzene rings is 1. The molecule has 1 saturated heterocycles. The van der Waals surface area contributed by atoms with E-state index in [1.54, 1.807) is 7.05 Å². The van der Waals surface area contributed by atoms with Gasteiger partial charge in [0.15, 0.2) is 5.96 Å². The van der Waals surface area contributed by atoms with Gasteiger partial charge in [-0.3, -0.25) is 4.99 Å². The number of guanidine groups is 1. The standard InChI is InChI=1S/C18H29N3O4S.HI/c1-19-18(20-10-13-24-14-15-26(2,22)23)21-11-8-17(9-12-21)25-16-6-4-3-5-7-16;/h3-7,17H,8-15H2,1-2H3,(H,19,20);1H. The molecule has 1 aromatic carbocycles. The second kappa shape index (κ2) is 12.4. The van der Waals surface area contributed by atoms with Crippen LogP contribution in [0.5, 0.6) is 5.75 Å². The van der Waals surface area contributed by atoms with Gasteiger partial charge in [-0.2, -0.15) is 0 Å². The van der Waals surface area contributed by atoms with Gasteiger partial charge in [0.1, 0.15) is 21.7 Å². The van der Waals surface area contributed by atoms with Crippen molar-refractivity contribution < 1.29 is 17.9 Å². The molecule has 1 aliphatic heterocycles. The molecule has 0 saturated carbocycles. The summed E-state index contributed by atoms with van der Waals surface area (Å²) in [5.41, 5.74) is 0. The van der Waals surface area contributed by atoms with Gasteiger partial charge in [0.2, 0.25) is 0 Å². The third kappa shape index (κ3) is 9.61. The lowest BCUT2D eigenvalue weighted by Crippen LogP contribution is -2.48. The topological polar surface area (TPSA) is 80.2 Å². The lowest BCUT2D eigenvalue weighted by molar-refractivity contribution is 0.128. The summed E-state index contributed by atoms with van der Waals surface area (Å²) < 4.78 is 33.4. The predicted octanol–water partition coefficient (Wildman–Crippen LogP) is 1.78. The summed E-state index contributed by atoms with van der Waals surface area (Å²) in [5.74, 6) is 1.81. The van der Waals surface area contributed by atoms with Crippen LogP contribution in [0.3, 0.4) is 0 Å². The second-order valence-corrected chi connectivity index (χ2v) is 8.59. The first kappa shape index (κ1) is 24.0. The van der Waals surface area contributed by atoms with E-state index in [1.807, 2.05) is 30.3 Å². The fraction of sp³-hybridized carbons (Fsp3) is 0.611. The van der Waals surface area contributed by atoms with Crippen molar-refractivity contribution in [1.29, 1.82) is 0 Å². The Labute approximate surface area is 179 Å². The molecule has 1 fully saturated rings. The number of para-hydroxylation sites is 1. The molecule has 0 aliphatic carbocycles. The first-order valence-electron chi connectivity index (χ1n) is 8.91. The summed E-state index contributed by atoms with van der Waals surface area (Å²) in [5, 5.41) is 3.26. The van der Waals surface area contributed by atoms with E-state index in [0.29, 0.717) is 13.2 Å². The van der Waals surface area contributed by atoms with Crippen LogP contribution < -0.4 is 10.1 Å². The van der Waals surface area contributed by atoms with Crippen LogP contribution in [0.15, 0.2) is 35.3 Å². The third-order valence-corrected chi connectivity index (χ3v) is 5.04. The average molecular weight is 511 g/mol. The molecular formula is C18H30IN3O4S. The minimum Gasteiger partial charge on any atom is -0.490 e. The summed E-state index contributed by atoms with van der Waals surface area (Å²) in [6.07, 6.45) is 3.33. The van der Waals surface area contributed by atoms with Crippen molar-refractivity contribution in [1.82, 2.24) is 10.2 Å². The van der Waals surface area contributed by atoms with E-state index in [4.69, 9.17) is 9.47 Å². The predicted molar refractivity (Wildman–Crippen MR) is 119 cm³/mol. The number of nitrogens with one attached hydrogen (secondary N) is 1. The average Bonchev–Trinajstić information content (AvgIpc) is 2.62. The molecular weight excluding hydrogens is 481 g/mol. The van der Waals surface area contributed by atoms with Crippen LogP contribution in [0.25, 0.3) is 0 Å². The van der Waals surface area contributed by atoms with Crippen LogP contribution in [-0.2, 0) is 14.6 Å². The number of ether oxygens (including phenoxy) is 2. The van der Waals surface area contributed by atoms with Gasteiger partial charge < -0.3 is 19.7 Å². The minimum absolute atomic E-state index is 0. The van der Waals surface area contributed by atoms with Gasteiger partial charge in [-0.1, -0.05) is 18.2 Å². The van der Waals surface area contributed by atoms with Crippen LogP contribution in [0.1, 0.15) is 12.8 Å². The monoisotopic (exact) mass is 511 g/mol. The molecule has 1 aliphatic rings. The highest BCUT2D eigenvalue weighted by Gasteiger charge is 2.22. The molecule has 0 spiro atoms. The van der Waals surface area contributed by atoms with Crippen molar-refractivity contribution in [3.63, 3.8) is 0 Å². The van der Waals surface area contributed by atoms with E-state index in [-0.39, 0.29) is 42.4 Å². The zero-order valence-electron chi connectivity index (χ0n) is 16.0. The fourth-order valence-electron chi connectivity index (χ4n) is 2.76. The number of rotatable bonds is 8. The molecule has 9 heteroatoms. The zero-order valence-corrected chi connectivity index (χ0v) is 19.1. The van der Waals surface area contributed by atoms with Crippen molar-refractivity contribution in [2.45, 2.75) is 18.9 Å². The van der Waals surface area contributed by atoms with Crippen LogP contribution >= 0.6 is 24.0 Å². The molecule has 0 aromatic heterocycles. The second-order valence-electron chi connectivity index (χ2n) is 6.33. The normalized spacial score (nSPS) is 15.9. The zero-order chi connectivity index (χ0) is 18.8. The van der Waals surface area contributed by atoms with E-state index < -0.39 is 9.84 Å². The number of nitrogens with zero attached hydrogens (tertiary/aromatic N) is 2. The number of hydrogen-bond acceptors (Lipinski definition) is 5. The highest BCUT2D eigenvalue weighted by molar-refractivity contribution is 14.0. The Kier molecular flexibility index (Phi) is 11.0. The summed E-state index contributed by atoms with van der Waals surface area (Å²) in [7, 11) is -1.20. The number of hydrogen-bond donors (Lipinski definition) is 1. The lowest BCUT2D eigenvalue weighted by atomic mass is 10.1. The molecule has 0 unspecified atom stereocenters. The van der Waals surface area contributed by atoms with Crippen molar-refractivity contribution in [3.8, 4) is 5.75 Å². The number of likely N-dealkylation sites (tertiary alicyclic amines) is 1. The molecule has 0 atom stereocenters. The van der Waals surface area contributed by atoms with Gasteiger partial charge in [-0.05, 0) is 12.1 Å². The summed E-state index contributed by atoms with van der Waals surface area (Å²) in [4.78, 5) is 6.53. The van der Waals surface area contributed by atoms with Gasteiger partial charge in [-0.25, -0.2) is 8.42 Å². The van der Waals surface area contributed by atoms with E-state index in [0.717, 1.165) is 37.6 Å². The Morgan fingerprint density at radius 1 is 1.22 bits per heavy atom. The van der Waals surface area contributed by atoms with Crippen LogP contribution in [0.2, 0.25) is 0 Å². The van der Waals surface area contributed by atoms with Crippen molar-refractivity contribution >= 4 is 39.8 Å². The van der Waals surface area contributed by atoms with E-state index in [2.05, 4.69) is 15.2 Å². The first-order chi connectivity index (χ1) is 12.5. The van der Waals surface area contributed by atoms with Crippen LogP contribution in [0.4, 0.5) is 0 Å². The smallest absolute Gasteiger partial charge is 0.193 e. The van der Waals surface area contributed by atoms with Gasteiger partial charge in [-0.15, -0.1) is 24.0 Å². The highest BCUT2D eigenvalue weighted by Crippen LogP contribution is 2.18. The Balaban J connectivity index is 0.00000364. The molecule has 0 radical (unpaired) electrons. The van der Waals surface area contributed by atoms with Gasteiger partial charge >= 0.3 is 0 Å². The molecule has 0 amide bonds. The van der Waals surface area contributed by atoms with Crippen molar-refractivity contribution in [2.24, 2.45) is 4.99 Å². The Bertz CT molecular complexity index is 662. The number of halogens is 1. The largest absolute Gasteiger partial charge is 0.490 e. The van der Waals surface area contributed by atoms with E-state index in [1.165, 1.54) is 6.26 Å². The minimum atomic E-state index is -2.97. The Morgan fingerprint density at radius 3 is 2.48 bits per heavy atom. The van der Waals surface area contributed by atoms with Crippen molar-refractivity contribution in [3.05, 3.63) is 30.3 Å². The molecule has 27 heavy (non-hydrogen) atoms. The summed E-state index contributed by atoms with van der Waals surface area (Å²) in [6.45, 7) is 3.03. The van der Waals surface area contributed by atoms with Gasteiger partial charge in [0.25, 0.3) is 0 Å². The number of aliphatic imine (C=N–C) groups is 1. The molecule has 1 heterocycles. The Morgan fingerprint density at radius 2 is 1.89 bits per heavy atom. The highest BCUT2D eigenvalue weighted by atomic mass is 127. The maximum Gasteiger partial charge on any atom is 0.193 e. The molecule has 0 bridgehead atoms. The summed E-state index contributed by atoms with van der Waals surface area (Å²) in [6, 6.07) is 9.91. The number of sulfone groups is 1. The molecule has 1 N–H and O–H groups in total. The Hall–Kier alpha value is -1.07. The van der Waals surface area contributed by atoms with Crippen LogP contribution in [-0.4, -0.2) is 77.3 Å². The summed E-state index contributed by atoms with van der Waals surface area (Å²) >= 11 is 0. The van der Waals surface area contributed by atoms with Gasteiger partial charge in [0, 0.05) is 45.8 Å². The van der Waals surface area contributed by atoms with E-state index >= 15 is 0 Å². The lowest BCUT2D eigenvalue weighted by Gasteiger charge is -2.34. The quantitative estimate of drug-likeness (QED) is 0.248. The van der Waals surface area contributed by atoms with Gasteiger partial charge in [0.05, 0.1) is 19.0 Å². The number of piperidine rings is 1. The van der Waals surface area contributed by atoms with Crippen LogP contribution in [0, 0.1) is 0 Å². The molecule has 154 valence electrons. The maximum absolute atomic E-state index is 11.0. The first-order valence-corrected chi connectivity index (χ1v) is 11.0. The molecule has 1 aromatic rings. The fourth-order valence-corrected chi connectivity index (χ4v) is 3.18. The molecule has 7 nitrogen and oxygen atoms in total. The SMILES string of the molecule is CN=C(NCCOCCS(C)(=O)=O)N1CCC(Oc2ccccc2)CC1.I. The maximum atomic E-state index is 11.0.